The van der Waals surface area contributed by atoms with E-state index in [0.29, 0.717) is 17.3 Å². The number of likely N-dealkylation sites (tertiary alicyclic amines) is 1. The van der Waals surface area contributed by atoms with Gasteiger partial charge in [0.15, 0.2) is 0 Å². The molecule has 1 saturated heterocycles. The molecule has 21 heavy (non-hydrogen) atoms. The minimum absolute atomic E-state index is 0.0735. The molecule has 1 fully saturated rings. The first-order valence-corrected chi connectivity index (χ1v) is 7.63. The topological polar surface area (TPSA) is 61.6 Å². The molecule has 0 radical (unpaired) electrons. The summed E-state index contributed by atoms with van der Waals surface area (Å²) in [6.45, 7) is 5.38. The van der Waals surface area contributed by atoms with Gasteiger partial charge in [-0.15, -0.1) is 0 Å². The summed E-state index contributed by atoms with van der Waals surface area (Å²) in [4.78, 5) is 16.7. The Labute approximate surface area is 127 Å². The van der Waals surface area contributed by atoms with Gasteiger partial charge in [-0.05, 0) is 44.1 Å². The number of anilines is 2. The molecular weight excluding hydrogens is 264 g/mol. The lowest BCUT2D eigenvalue weighted by Gasteiger charge is -2.30. The van der Waals surface area contributed by atoms with Crippen molar-refractivity contribution in [1.82, 2.24) is 10.2 Å². The molecule has 5 nitrogen and oxygen atoms in total. The van der Waals surface area contributed by atoms with E-state index in [1.807, 2.05) is 13.1 Å². The lowest BCUT2D eigenvalue weighted by molar-refractivity contribution is 0.0963. The Hall–Kier alpha value is -1.75. The zero-order valence-electron chi connectivity index (χ0n) is 13.2. The van der Waals surface area contributed by atoms with Gasteiger partial charge in [0, 0.05) is 32.4 Å². The van der Waals surface area contributed by atoms with Gasteiger partial charge in [-0.1, -0.05) is 6.92 Å². The second-order valence-electron chi connectivity index (χ2n) is 5.66. The Morgan fingerprint density at radius 1 is 1.52 bits per heavy atom. The van der Waals surface area contributed by atoms with Gasteiger partial charge >= 0.3 is 0 Å². The SMILES string of the molecule is CCN1CCCC1CN(C)c1cc(N)ccc1C(=O)NC. The molecule has 1 heterocycles. The Kier molecular flexibility index (Phi) is 5.07. The molecule has 0 aliphatic carbocycles. The lowest BCUT2D eigenvalue weighted by atomic mass is 10.1. The Bertz CT molecular complexity index is 503. The minimum Gasteiger partial charge on any atom is -0.399 e. The smallest absolute Gasteiger partial charge is 0.253 e. The van der Waals surface area contributed by atoms with Gasteiger partial charge in [0.2, 0.25) is 0 Å². The van der Waals surface area contributed by atoms with Crippen molar-refractivity contribution in [1.29, 1.82) is 0 Å². The minimum atomic E-state index is -0.0735. The van der Waals surface area contributed by atoms with Crippen LogP contribution >= 0.6 is 0 Å². The third-order valence-corrected chi connectivity index (χ3v) is 4.29. The van der Waals surface area contributed by atoms with Crippen molar-refractivity contribution in [3.63, 3.8) is 0 Å². The van der Waals surface area contributed by atoms with E-state index in [2.05, 4.69) is 22.0 Å². The Morgan fingerprint density at radius 2 is 2.29 bits per heavy atom. The van der Waals surface area contributed by atoms with E-state index in [4.69, 9.17) is 5.73 Å². The molecule has 116 valence electrons. The zero-order chi connectivity index (χ0) is 15.4. The number of hydrogen-bond donors (Lipinski definition) is 2. The van der Waals surface area contributed by atoms with Gasteiger partial charge in [-0.25, -0.2) is 0 Å². The van der Waals surface area contributed by atoms with Gasteiger partial charge in [0.25, 0.3) is 5.91 Å². The number of nitrogens with one attached hydrogen (secondary N) is 1. The van der Waals surface area contributed by atoms with E-state index >= 15 is 0 Å². The summed E-state index contributed by atoms with van der Waals surface area (Å²) in [7, 11) is 3.69. The van der Waals surface area contributed by atoms with E-state index < -0.39 is 0 Å². The first-order chi connectivity index (χ1) is 10.1. The number of carbonyl (C=O) groups excluding carboxylic acids is 1. The highest BCUT2D eigenvalue weighted by Crippen LogP contribution is 2.25. The number of nitrogens with zero attached hydrogens (tertiary/aromatic N) is 2. The molecule has 0 spiro atoms. The molecule has 1 aromatic carbocycles. The maximum atomic E-state index is 12.0. The molecule has 1 aliphatic heterocycles. The van der Waals surface area contributed by atoms with Crippen molar-refractivity contribution < 1.29 is 4.79 Å². The Balaban J connectivity index is 2.19. The average molecular weight is 290 g/mol. The molecule has 3 N–H and O–H groups in total. The van der Waals surface area contributed by atoms with E-state index in [9.17, 15) is 4.79 Å². The predicted octanol–water partition coefficient (Wildman–Crippen LogP) is 1.55. The molecule has 1 unspecified atom stereocenters. The van der Waals surface area contributed by atoms with Gasteiger partial charge in [0.1, 0.15) is 0 Å². The average Bonchev–Trinajstić information content (AvgIpc) is 2.93. The highest BCUT2D eigenvalue weighted by Gasteiger charge is 2.25. The highest BCUT2D eigenvalue weighted by molar-refractivity contribution is 6.00. The van der Waals surface area contributed by atoms with Crippen LogP contribution in [0.2, 0.25) is 0 Å². The zero-order valence-corrected chi connectivity index (χ0v) is 13.2. The van der Waals surface area contributed by atoms with Crippen LogP contribution < -0.4 is 16.0 Å². The fourth-order valence-electron chi connectivity index (χ4n) is 3.12. The van der Waals surface area contributed by atoms with E-state index in [1.165, 1.54) is 19.4 Å². The van der Waals surface area contributed by atoms with Crippen molar-refractivity contribution in [3.05, 3.63) is 23.8 Å². The van der Waals surface area contributed by atoms with Crippen LogP contribution in [-0.4, -0.2) is 50.6 Å². The number of nitrogens with two attached hydrogens (primary N) is 1. The fourth-order valence-corrected chi connectivity index (χ4v) is 3.12. The van der Waals surface area contributed by atoms with Crippen LogP contribution in [0.3, 0.4) is 0 Å². The van der Waals surface area contributed by atoms with Crippen LogP contribution in [0.4, 0.5) is 11.4 Å². The molecule has 1 atom stereocenters. The summed E-state index contributed by atoms with van der Waals surface area (Å²) in [5.41, 5.74) is 8.16. The summed E-state index contributed by atoms with van der Waals surface area (Å²) >= 11 is 0. The standard InChI is InChI=1S/C16H26N4O/c1-4-20-9-5-6-13(20)11-19(3)15-10-12(17)7-8-14(15)16(21)18-2/h7-8,10,13H,4-6,9,11,17H2,1-3H3,(H,18,21). The second kappa shape index (κ2) is 6.80. The maximum Gasteiger partial charge on any atom is 0.253 e. The van der Waals surface area contributed by atoms with Gasteiger partial charge in [0.05, 0.1) is 11.3 Å². The molecule has 0 saturated carbocycles. The van der Waals surface area contributed by atoms with Gasteiger partial charge in [-0.2, -0.15) is 0 Å². The number of nitrogen functional groups attached to an aromatic ring is 1. The van der Waals surface area contributed by atoms with Crippen molar-refractivity contribution in [2.75, 3.05) is 44.4 Å². The summed E-state index contributed by atoms with van der Waals surface area (Å²) in [6.07, 6.45) is 2.47. The molecule has 5 heteroatoms. The molecule has 1 amide bonds. The van der Waals surface area contributed by atoms with Gasteiger partial charge in [-0.3, -0.25) is 9.69 Å². The van der Waals surface area contributed by atoms with Crippen LogP contribution in [0.25, 0.3) is 0 Å². The summed E-state index contributed by atoms with van der Waals surface area (Å²) in [5, 5.41) is 2.69. The molecular formula is C16H26N4O. The summed E-state index contributed by atoms with van der Waals surface area (Å²) in [5.74, 6) is -0.0735. The van der Waals surface area contributed by atoms with Crippen molar-refractivity contribution in [2.45, 2.75) is 25.8 Å². The third kappa shape index (κ3) is 3.47. The van der Waals surface area contributed by atoms with Crippen LogP contribution in [-0.2, 0) is 0 Å². The van der Waals surface area contributed by atoms with Crippen LogP contribution in [0.15, 0.2) is 18.2 Å². The van der Waals surface area contributed by atoms with Crippen LogP contribution in [0.5, 0.6) is 0 Å². The number of rotatable bonds is 5. The predicted molar refractivity (Wildman–Crippen MR) is 87.8 cm³/mol. The van der Waals surface area contributed by atoms with Crippen LogP contribution in [0.1, 0.15) is 30.1 Å². The molecule has 0 aromatic heterocycles. The molecule has 1 aromatic rings. The number of hydrogen-bond acceptors (Lipinski definition) is 4. The third-order valence-electron chi connectivity index (χ3n) is 4.29. The number of likely N-dealkylation sites (N-methyl/N-ethyl adjacent to an activating group) is 2. The van der Waals surface area contributed by atoms with Crippen molar-refractivity contribution in [3.8, 4) is 0 Å². The molecule has 0 bridgehead atoms. The largest absolute Gasteiger partial charge is 0.399 e. The normalized spacial score (nSPS) is 18.7. The van der Waals surface area contributed by atoms with E-state index in [0.717, 1.165) is 18.8 Å². The summed E-state index contributed by atoms with van der Waals surface area (Å²) < 4.78 is 0. The lowest BCUT2D eigenvalue weighted by Crippen LogP contribution is -2.39. The number of benzene rings is 1. The number of carbonyl (C=O) groups is 1. The second-order valence-corrected chi connectivity index (χ2v) is 5.66. The Morgan fingerprint density at radius 3 is 2.95 bits per heavy atom. The van der Waals surface area contributed by atoms with Crippen molar-refractivity contribution >= 4 is 17.3 Å². The van der Waals surface area contributed by atoms with Crippen molar-refractivity contribution in [2.24, 2.45) is 0 Å². The summed E-state index contributed by atoms with van der Waals surface area (Å²) in [6, 6.07) is 6.01. The van der Waals surface area contributed by atoms with E-state index in [-0.39, 0.29) is 5.91 Å². The first kappa shape index (κ1) is 15.6. The number of amides is 1. The first-order valence-electron chi connectivity index (χ1n) is 7.63. The molecule has 1 aliphatic rings. The highest BCUT2D eigenvalue weighted by atomic mass is 16.1. The quantitative estimate of drug-likeness (QED) is 0.808. The fraction of sp³-hybridized carbons (Fsp3) is 0.562. The van der Waals surface area contributed by atoms with Crippen LogP contribution in [0, 0.1) is 0 Å². The maximum absolute atomic E-state index is 12.0. The molecule has 2 rings (SSSR count). The van der Waals surface area contributed by atoms with Gasteiger partial charge < -0.3 is 16.0 Å². The monoisotopic (exact) mass is 290 g/mol. The van der Waals surface area contributed by atoms with E-state index in [1.54, 1.807) is 19.2 Å².